The second kappa shape index (κ2) is 41.3. The van der Waals surface area contributed by atoms with Crippen LogP contribution in [0.2, 0.25) is 0 Å². The third-order valence-electron chi connectivity index (χ3n) is 10.1. The lowest BCUT2D eigenvalue weighted by Gasteiger charge is -2.24. The maximum atomic E-state index is 12.7. The summed E-state index contributed by atoms with van der Waals surface area (Å²) in [6, 6.07) is 0. The summed E-state index contributed by atoms with van der Waals surface area (Å²) in [4.78, 5) is 35.4. The lowest BCUT2D eigenvalue weighted by Crippen LogP contribution is -2.37. The van der Waals surface area contributed by atoms with Crippen molar-refractivity contribution in [3.05, 3.63) is 48.6 Å². The summed E-state index contributed by atoms with van der Waals surface area (Å²) in [6.45, 7) is 4.38. The number of unbranched alkanes of at least 4 members (excludes halogenated alkanes) is 21. The van der Waals surface area contributed by atoms with Gasteiger partial charge in [0.1, 0.15) is 19.8 Å². The zero-order valence-corrected chi connectivity index (χ0v) is 39.6. The lowest BCUT2D eigenvalue weighted by atomic mass is 10.1. The van der Waals surface area contributed by atoms with E-state index in [1.165, 1.54) is 77.0 Å². The smallest absolute Gasteiger partial charge is 0.462 e. The van der Waals surface area contributed by atoms with Crippen molar-refractivity contribution in [2.24, 2.45) is 0 Å². The minimum Gasteiger partial charge on any atom is -0.462 e. The van der Waals surface area contributed by atoms with Gasteiger partial charge in [-0.1, -0.05) is 159 Å². The highest BCUT2D eigenvalue weighted by Gasteiger charge is 2.27. The third kappa shape index (κ3) is 45.3. The number of ether oxygens (including phenoxy) is 2. The molecule has 9 nitrogen and oxygen atoms in total. The standard InChI is InChI=1S/C49H90NO8P/c1-6-8-10-12-14-16-18-20-22-23-24-25-26-27-28-30-32-34-36-38-40-42-49(52)58-47(46-57-59(53,54)56-44-43-50(3,4)5)45-55-48(51)41-39-37-35-33-31-29-21-19-17-15-13-11-9-7-2/h18-21,23-24,26-27,47H,6-17,22,25,28-46H2,1-5H3/p+1/b20-18-,21-19-,24-23-,27-26-. The topological polar surface area (TPSA) is 108 Å². The van der Waals surface area contributed by atoms with Crippen molar-refractivity contribution in [1.82, 2.24) is 0 Å². The van der Waals surface area contributed by atoms with Crippen molar-refractivity contribution >= 4 is 19.8 Å². The van der Waals surface area contributed by atoms with Gasteiger partial charge in [0.25, 0.3) is 0 Å². The number of phosphoric acid groups is 1. The molecule has 10 heteroatoms. The van der Waals surface area contributed by atoms with E-state index in [1.54, 1.807) is 0 Å². The molecular formula is C49H91NO8P+. The molecule has 0 aliphatic heterocycles. The Morgan fingerprint density at radius 3 is 1.37 bits per heavy atom. The number of hydrogen-bond acceptors (Lipinski definition) is 7. The molecule has 1 N–H and O–H groups in total. The minimum absolute atomic E-state index is 0.0263. The third-order valence-corrected chi connectivity index (χ3v) is 11.1. The number of rotatable bonds is 43. The fraction of sp³-hybridized carbons (Fsp3) is 0.796. The van der Waals surface area contributed by atoms with Crippen LogP contribution in [-0.4, -0.2) is 74.9 Å². The van der Waals surface area contributed by atoms with E-state index in [0.29, 0.717) is 17.4 Å². The Morgan fingerprint density at radius 1 is 0.525 bits per heavy atom. The SMILES string of the molecule is CCCCCCC/C=C\C/C=C\C/C=C\CCCCCCCCC(=O)OC(COC(=O)CCCCCCC/C=C\CCCCCCC)COP(=O)(O)OCC[N+](C)(C)C. The van der Waals surface area contributed by atoms with Crippen LogP contribution in [0.15, 0.2) is 48.6 Å². The molecule has 0 bridgehead atoms. The summed E-state index contributed by atoms with van der Waals surface area (Å²) in [6.07, 6.45) is 48.7. The maximum Gasteiger partial charge on any atom is 0.472 e. The Hall–Kier alpha value is -2.03. The second-order valence-electron chi connectivity index (χ2n) is 17.1. The number of phosphoric ester groups is 1. The first-order chi connectivity index (χ1) is 28.5. The van der Waals surface area contributed by atoms with Crippen molar-refractivity contribution < 1.29 is 42.1 Å². The zero-order chi connectivity index (χ0) is 43.6. The van der Waals surface area contributed by atoms with Crippen molar-refractivity contribution in [3.63, 3.8) is 0 Å². The zero-order valence-electron chi connectivity index (χ0n) is 38.7. The molecule has 0 heterocycles. The molecule has 0 rings (SSSR count). The van der Waals surface area contributed by atoms with Crippen LogP contribution in [0.25, 0.3) is 0 Å². The summed E-state index contributed by atoms with van der Waals surface area (Å²) in [5.41, 5.74) is 0. The van der Waals surface area contributed by atoms with Crippen molar-refractivity contribution in [3.8, 4) is 0 Å². The number of nitrogens with zero attached hydrogens (tertiary/aromatic N) is 1. The molecular weight excluding hydrogens is 762 g/mol. The molecule has 0 aromatic heterocycles. The average molecular weight is 853 g/mol. The van der Waals surface area contributed by atoms with Crippen LogP contribution in [0, 0.1) is 0 Å². The van der Waals surface area contributed by atoms with Gasteiger partial charge >= 0.3 is 19.8 Å². The van der Waals surface area contributed by atoms with Crippen LogP contribution in [0.1, 0.15) is 200 Å². The minimum atomic E-state index is -4.38. The van der Waals surface area contributed by atoms with Crippen molar-refractivity contribution in [1.29, 1.82) is 0 Å². The molecule has 59 heavy (non-hydrogen) atoms. The Labute approximate surface area is 363 Å². The highest BCUT2D eigenvalue weighted by Crippen LogP contribution is 2.43. The monoisotopic (exact) mass is 853 g/mol. The van der Waals surface area contributed by atoms with Crippen LogP contribution < -0.4 is 0 Å². The number of carbonyl (C=O) groups is 2. The van der Waals surface area contributed by atoms with Crippen molar-refractivity contribution in [2.75, 3.05) is 47.5 Å². The summed E-state index contributed by atoms with van der Waals surface area (Å²) in [7, 11) is 1.46. The molecule has 0 aromatic rings. The highest BCUT2D eigenvalue weighted by atomic mass is 31.2. The Kier molecular flexibility index (Phi) is 39.9. The largest absolute Gasteiger partial charge is 0.472 e. The molecule has 2 unspecified atom stereocenters. The van der Waals surface area contributed by atoms with Crippen LogP contribution in [-0.2, 0) is 32.7 Å². The van der Waals surface area contributed by atoms with Gasteiger partial charge in [0.05, 0.1) is 27.7 Å². The van der Waals surface area contributed by atoms with E-state index >= 15 is 0 Å². The second-order valence-corrected chi connectivity index (χ2v) is 18.6. The Morgan fingerprint density at radius 2 is 0.915 bits per heavy atom. The van der Waals surface area contributed by atoms with Gasteiger partial charge in [-0.3, -0.25) is 18.6 Å². The fourth-order valence-corrected chi connectivity index (χ4v) is 7.05. The number of hydrogen-bond donors (Lipinski definition) is 1. The predicted octanol–water partition coefficient (Wildman–Crippen LogP) is 13.9. The van der Waals surface area contributed by atoms with E-state index in [-0.39, 0.29) is 32.0 Å². The van der Waals surface area contributed by atoms with E-state index < -0.39 is 26.5 Å². The normalized spacial score (nSPS) is 13.9. The van der Waals surface area contributed by atoms with Crippen LogP contribution >= 0.6 is 7.82 Å². The summed E-state index contributed by atoms with van der Waals surface area (Å²) in [5, 5.41) is 0. The van der Waals surface area contributed by atoms with E-state index in [2.05, 4.69) is 62.5 Å². The van der Waals surface area contributed by atoms with Gasteiger partial charge in [-0.15, -0.1) is 0 Å². The van der Waals surface area contributed by atoms with Gasteiger partial charge in [0.2, 0.25) is 0 Å². The first-order valence-corrected chi connectivity index (χ1v) is 25.4. The van der Waals surface area contributed by atoms with E-state index in [4.69, 9.17) is 18.5 Å². The molecule has 0 aliphatic carbocycles. The number of carbonyl (C=O) groups excluding carboxylic acids is 2. The molecule has 2 atom stereocenters. The van der Waals surface area contributed by atoms with Gasteiger partial charge in [-0.25, -0.2) is 4.57 Å². The molecule has 0 aliphatic rings. The molecule has 0 saturated carbocycles. The molecule has 0 fully saturated rings. The van der Waals surface area contributed by atoms with E-state index in [9.17, 15) is 19.0 Å². The van der Waals surface area contributed by atoms with E-state index in [1.807, 2.05) is 21.1 Å². The quantitative estimate of drug-likeness (QED) is 0.0212. The molecule has 0 saturated heterocycles. The van der Waals surface area contributed by atoms with E-state index in [0.717, 1.165) is 89.9 Å². The number of quaternary nitrogens is 1. The molecule has 0 amide bonds. The van der Waals surface area contributed by atoms with Gasteiger partial charge in [0, 0.05) is 12.8 Å². The summed E-state index contributed by atoms with van der Waals surface area (Å²) < 4.78 is 34.3. The van der Waals surface area contributed by atoms with Gasteiger partial charge in [-0.2, -0.15) is 0 Å². The molecule has 0 spiro atoms. The van der Waals surface area contributed by atoms with Gasteiger partial charge < -0.3 is 18.9 Å². The summed E-state index contributed by atoms with van der Waals surface area (Å²) in [5.74, 6) is -0.822. The number of allylic oxidation sites excluding steroid dienone is 8. The predicted molar refractivity (Wildman–Crippen MR) is 247 cm³/mol. The first-order valence-electron chi connectivity index (χ1n) is 23.9. The molecule has 0 aromatic carbocycles. The average Bonchev–Trinajstić information content (AvgIpc) is 3.19. The van der Waals surface area contributed by atoms with Crippen molar-refractivity contribution in [2.45, 2.75) is 206 Å². The Bertz CT molecular complexity index is 1150. The fourth-order valence-electron chi connectivity index (χ4n) is 6.31. The van der Waals surface area contributed by atoms with Crippen LogP contribution in [0.3, 0.4) is 0 Å². The van der Waals surface area contributed by atoms with Gasteiger partial charge in [0.15, 0.2) is 6.10 Å². The summed E-state index contributed by atoms with van der Waals surface area (Å²) >= 11 is 0. The van der Waals surface area contributed by atoms with Gasteiger partial charge in [-0.05, 0) is 77.0 Å². The maximum absolute atomic E-state index is 12.7. The van der Waals surface area contributed by atoms with Crippen LogP contribution in [0.5, 0.6) is 0 Å². The first kappa shape index (κ1) is 57.0. The molecule has 344 valence electrons. The number of esters is 2. The molecule has 0 radical (unpaired) electrons. The highest BCUT2D eigenvalue weighted by molar-refractivity contribution is 7.47. The number of likely N-dealkylation sites (N-methyl/N-ethyl adjacent to an activating group) is 1. The van der Waals surface area contributed by atoms with Crippen LogP contribution in [0.4, 0.5) is 0 Å². The lowest BCUT2D eigenvalue weighted by molar-refractivity contribution is -0.870. The Balaban J connectivity index is 4.34.